The van der Waals surface area contributed by atoms with Crippen LogP contribution in [-0.2, 0) is 6.42 Å². The maximum atomic E-state index is 5.00. The van der Waals surface area contributed by atoms with E-state index < -0.39 is 0 Å². The first kappa shape index (κ1) is 21.4. The van der Waals surface area contributed by atoms with Gasteiger partial charge in [0.2, 0.25) is 0 Å². The lowest BCUT2D eigenvalue weighted by Gasteiger charge is -2.14. The van der Waals surface area contributed by atoms with Crippen LogP contribution in [0.5, 0.6) is 0 Å². The van der Waals surface area contributed by atoms with Crippen molar-refractivity contribution in [2.45, 2.75) is 6.42 Å². The smallest absolute Gasteiger partial charge is 0.164 e. The monoisotopic (exact) mass is 473 g/mol. The first-order chi connectivity index (χ1) is 18.3. The summed E-state index contributed by atoms with van der Waals surface area (Å²) in [4.78, 5) is 14.9. The third-order valence-electron chi connectivity index (χ3n) is 7.01. The van der Waals surface area contributed by atoms with Gasteiger partial charge in [0.1, 0.15) is 0 Å². The summed E-state index contributed by atoms with van der Waals surface area (Å²) in [7, 11) is 0. The Labute approximate surface area is 216 Å². The van der Waals surface area contributed by atoms with E-state index in [2.05, 4.69) is 66.7 Å². The van der Waals surface area contributed by atoms with Crippen LogP contribution in [-0.4, -0.2) is 15.0 Å². The van der Waals surface area contributed by atoms with Crippen molar-refractivity contribution in [3.05, 3.63) is 139 Å². The van der Waals surface area contributed by atoms with E-state index in [-0.39, 0.29) is 0 Å². The van der Waals surface area contributed by atoms with Crippen molar-refractivity contribution >= 4 is 0 Å². The second kappa shape index (κ2) is 8.96. The van der Waals surface area contributed by atoms with Gasteiger partial charge in [-0.2, -0.15) is 0 Å². The lowest BCUT2D eigenvalue weighted by atomic mass is 9.92. The molecule has 0 bridgehead atoms. The third kappa shape index (κ3) is 3.82. The quantitative estimate of drug-likeness (QED) is 0.259. The molecule has 0 radical (unpaired) electrons. The summed E-state index contributed by atoms with van der Waals surface area (Å²) in [5.41, 5.74) is 10.7. The highest BCUT2D eigenvalue weighted by molar-refractivity contribution is 5.89. The molecular weight excluding hydrogens is 450 g/mol. The summed E-state index contributed by atoms with van der Waals surface area (Å²) < 4.78 is 0. The van der Waals surface area contributed by atoms with Crippen molar-refractivity contribution in [3.8, 4) is 56.4 Å². The average Bonchev–Trinajstić information content (AvgIpc) is 3.37. The summed E-state index contributed by atoms with van der Waals surface area (Å²) >= 11 is 0. The summed E-state index contributed by atoms with van der Waals surface area (Å²) in [6.07, 6.45) is 0.928. The SMILES string of the molecule is c1ccc(-c2nc(-c3ccccc3)nc(-c3ccccc3-c3cccc4c3Cc3ccccc3-4)n2)cc1. The van der Waals surface area contributed by atoms with E-state index in [4.69, 9.17) is 15.0 Å². The van der Waals surface area contributed by atoms with E-state index in [1.54, 1.807) is 0 Å². The third-order valence-corrected chi connectivity index (χ3v) is 7.01. The molecule has 0 amide bonds. The van der Waals surface area contributed by atoms with Gasteiger partial charge in [0.25, 0.3) is 0 Å². The van der Waals surface area contributed by atoms with Crippen molar-refractivity contribution in [1.29, 1.82) is 0 Å². The Morgan fingerprint density at radius 2 is 0.811 bits per heavy atom. The highest BCUT2D eigenvalue weighted by Crippen LogP contribution is 2.43. The Kier molecular flexibility index (Phi) is 5.18. The van der Waals surface area contributed by atoms with Gasteiger partial charge in [-0.15, -0.1) is 0 Å². The number of aromatic nitrogens is 3. The average molecular weight is 474 g/mol. The molecule has 1 aliphatic carbocycles. The van der Waals surface area contributed by atoms with Gasteiger partial charge >= 0.3 is 0 Å². The number of nitrogens with zero attached hydrogens (tertiary/aromatic N) is 3. The van der Waals surface area contributed by atoms with Gasteiger partial charge in [-0.3, -0.25) is 0 Å². The number of rotatable bonds is 4. The number of hydrogen-bond donors (Lipinski definition) is 0. The van der Waals surface area contributed by atoms with Crippen LogP contribution in [0.25, 0.3) is 56.4 Å². The molecule has 3 nitrogen and oxygen atoms in total. The number of benzene rings is 5. The molecule has 1 aliphatic rings. The highest BCUT2D eigenvalue weighted by atomic mass is 15.0. The second-order valence-electron chi connectivity index (χ2n) is 9.25. The van der Waals surface area contributed by atoms with Crippen molar-refractivity contribution in [2.75, 3.05) is 0 Å². The van der Waals surface area contributed by atoms with Crippen molar-refractivity contribution in [1.82, 2.24) is 15.0 Å². The fourth-order valence-electron chi connectivity index (χ4n) is 5.25. The van der Waals surface area contributed by atoms with Crippen LogP contribution in [0.1, 0.15) is 11.1 Å². The van der Waals surface area contributed by atoms with Gasteiger partial charge in [-0.05, 0) is 39.8 Å². The minimum absolute atomic E-state index is 0.671. The lowest BCUT2D eigenvalue weighted by molar-refractivity contribution is 1.07. The van der Waals surface area contributed by atoms with E-state index in [0.717, 1.165) is 28.7 Å². The summed E-state index contributed by atoms with van der Waals surface area (Å²) in [6, 6.07) is 44.0. The molecule has 0 unspecified atom stereocenters. The summed E-state index contributed by atoms with van der Waals surface area (Å²) in [5.74, 6) is 2.02. The molecule has 1 heterocycles. The lowest BCUT2D eigenvalue weighted by Crippen LogP contribution is -2.01. The van der Waals surface area contributed by atoms with E-state index in [1.165, 1.54) is 27.8 Å². The van der Waals surface area contributed by atoms with Gasteiger partial charge in [-0.1, -0.05) is 127 Å². The normalized spacial score (nSPS) is 11.7. The number of fused-ring (bicyclic) bond motifs is 3. The van der Waals surface area contributed by atoms with Crippen LogP contribution in [0, 0.1) is 0 Å². The Morgan fingerprint density at radius 3 is 1.46 bits per heavy atom. The van der Waals surface area contributed by atoms with Gasteiger partial charge in [0, 0.05) is 16.7 Å². The fraction of sp³-hybridized carbons (Fsp3) is 0.0294. The Bertz CT molecular complexity index is 1680. The maximum Gasteiger partial charge on any atom is 0.164 e. The molecule has 7 rings (SSSR count). The first-order valence-corrected chi connectivity index (χ1v) is 12.5. The molecule has 0 aliphatic heterocycles. The zero-order valence-electron chi connectivity index (χ0n) is 20.2. The predicted molar refractivity (Wildman–Crippen MR) is 150 cm³/mol. The van der Waals surface area contributed by atoms with E-state index >= 15 is 0 Å². The van der Waals surface area contributed by atoms with Crippen LogP contribution in [0.2, 0.25) is 0 Å². The van der Waals surface area contributed by atoms with Gasteiger partial charge in [-0.25, -0.2) is 15.0 Å². The summed E-state index contributed by atoms with van der Waals surface area (Å²) in [5, 5.41) is 0. The first-order valence-electron chi connectivity index (χ1n) is 12.5. The molecule has 0 N–H and O–H groups in total. The van der Waals surface area contributed by atoms with Crippen molar-refractivity contribution < 1.29 is 0 Å². The molecule has 37 heavy (non-hydrogen) atoms. The topological polar surface area (TPSA) is 38.7 Å². The van der Waals surface area contributed by atoms with Gasteiger partial charge in [0.05, 0.1) is 0 Å². The largest absolute Gasteiger partial charge is 0.208 e. The molecule has 3 heteroatoms. The molecule has 0 fully saturated rings. The van der Waals surface area contributed by atoms with Gasteiger partial charge < -0.3 is 0 Å². The fourth-order valence-corrected chi connectivity index (χ4v) is 5.25. The van der Waals surface area contributed by atoms with Crippen molar-refractivity contribution in [2.24, 2.45) is 0 Å². The van der Waals surface area contributed by atoms with E-state index in [0.29, 0.717) is 17.5 Å². The Morgan fingerprint density at radius 1 is 0.351 bits per heavy atom. The Hall–Kier alpha value is -4.89. The Balaban J connectivity index is 1.43. The van der Waals surface area contributed by atoms with Crippen LogP contribution in [0.4, 0.5) is 0 Å². The second-order valence-corrected chi connectivity index (χ2v) is 9.25. The van der Waals surface area contributed by atoms with Crippen LogP contribution in [0.15, 0.2) is 127 Å². The number of hydrogen-bond acceptors (Lipinski definition) is 3. The molecule has 6 aromatic rings. The van der Waals surface area contributed by atoms with E-state index in [9.17, 15) is 0 Å². The van der Waals surface area contributed by atoms with Crippen LogP contribution >= 0.6 is 0 Å². The highest BCUT2D eigenvalue weighted by Gasteiger charge is 2.23. The van der Waals surface area contributed by atoms with Crippen LogP contribution in [0.3, 0.4) is 0 Å². The zero-order valence-corrected chi connectivity index (χ0v) is 20.2. The zero-order chi connectivity index (χ0) is 24.6. The summed E-state index contributed by atoms with van der Waals surface area (Å²) in [6.45, 7) is 0. The van der Waals surface area contributed by atoms with Gasteiger partial charge in [0.15, 0.2) is 17.5 Å². The minimum atomic E-state index is 0.671. The molecule has 5 aromatic carbocycles. The molecule has 0 atom stereocenters. The molecule has 1 aromatic heterocycles. The molecule has 0 spiro atoms. The molecule has 174 valence electrons. The standard InChI is InChI=1S/C34H23N3/c1-3-12-23(13-4-1)32-35-33(24-14-5-2-6-15-24)37-34(36-32)30-19-10-9-18-28(30)29-21-11-20-27-26-17-8-7-16-25(26)22-31(27)29/h1-21H,22H2. The maximum absolute atomic E-state index is 5.00. The molecule has 0 saturated carbocycles. The molecular formula is C34H23N3. The molecule has 0 saturated heterocycles. The predicted octanol–water partition coefficient (Wildman–Crippen LogP) is 8.11. The minimum Gasteiger partial charge on any atom is -0.208 e. The van der Waals surface area contributed by atoms with Crippen molar-refractivity contribution in [3.63, 3.8) is 0 Å². The van der Waals surface area contributed by atoms with E-state index in [1.807, 2.05) is 60.7 Å². The van der Waals surface area contributed by atoms with Crippen LogP contribution < -0.4 is 0 Å².